The second kappa shape index (κ2) is 4.80. The molecule has 0 saturated carbocycles. The molecule has 0 aliphatic rings. The van der Waals surface area contributed by atoms with E-state index in [0.29, 0.717) is 11.1 Å². The van der Waals surface area contributed by atoms with Crippen LogP contribution in [0.5, 0.6) is 0 Å². The van der Waals surface area contributed by atoms with Crippen molar-refractivity contribution >= 4 is 11.9 Å². The number of hydrogen-bond acceptors (Lipinski definition) is 3. The lowest BCUT2D eigenvalue weighted by molar-refractivity contribution is 0.0599. The molecular weight excluding hydrogens is 232 g/mol. The molecule has 0 bridgehead atoms. The Morgan fingerprint density at radius 1 is 1.17 bits per heavy atom. The molecule has 0 aliphatic heterocycles. The molecule has 0 aliphatic carbocycles. The number of methoxy groups -OCH3 is 1. The van der Waals surface area contributed by atoms with Crippen LogP contribution in [-0.4, -0.2) is 24.2 Å². The first-order valence-corrected chi connectivity index (χ1v) is 5.65. The Kier molecular flexibility index (Phi) is 3.79. The molecule has 0 spiro atoms. The van der Waals surface area contributed by atoms with Crippen LogP contribution in [0.3, 0.4) is 0 Å². The van der Waals surface area contributed by atoms with E-state index in [9.17, 15) is 14.7 Å². The first kappa shape index (κ1) is 14.2. The van der Waals surface area contributed by atoms with Gasteiger partial charge in [0.2, 0.25) is 0 Å². The van der Waals surface area contributed by atoms with Crippen LogP contribution in [0.25, 0.3) is 0 Å². The molecule has 1 aromatic rings. The summed E-state index contributed by atoms with van der Waals surface area (Å²) in [5, 5.41) is 9.18. The second-order valence-corrected chi connectivity index (χ2v) is 5.24. The number of ether oxygens (including phenoxy) is 1. The number of carboxylic acid groups (broad SMARTS) is 1. The maximum absolute atomic E-state index is 11.7. The molecule has 0 unspecified atom stereocenters. The zero-order valence-electron chi connectivity index (χ0n) is 11.3. The molecule has 18 heavy (non-hydrogen) atoms. The first-order chi connectivity index (χ1) is 8.18. The van der Waals surface area contributed by atoms with E-state index in [0.717, 1.165) is 5.56 Å². The standard InChI is InChI=1S/C14H18O4/c1-8-10(12(15)16)6-9(14(2,3)4)7-11(8)13(17)18-5/h6-7H,1-5H3,(H,15,16). The van der Waals surface area contributed by atoms with Gasteiger partial charge in [0, 0.05) is 0 Å². The SMILES string of the molecule is COC(=O)c1cc(C(C)(C)C)cc(C(=O)O)c1C. The molecule has 0 atom stereocenters. The summed E-state index contributed by atoms with van der Waals surface area (Å²) in [5.41, 5.74) is 1.44. The van der Waals surface area contributed by atoms with Crippen LogP contribution in [-0.2, 0) is 10.2 Å². The number of carboxylic acids is 1. The van der Waals surface area contributed by atoms with Crippen LogP contribution < -0.4 is 0 Å². The van der Waals surface area contributed by atoms with E-state index in [2.05, 4.69) is 4.74 Å². The lowest BCUT2D eigenvalue weighted by atomic mass is 9.83. The number of aromatic carboxylic acids is 1. The predicted octanol–water partition coefficient (Wildman–Crippen LogP) is 2.78. The average Bonchev–Trinajstić information content (AvgIpc) is 2.26. The zero-order chi connectivity index (χ0) is 14.1. The van der Waals surface area contributed by atoms with Crippen LogP contribution in [0.2, 0.25) is 0 Å². The van der Waals surface area contributed by atoms with Crippen molar-refractivity contribution in [2.24, 2.45) is 0 Å². The molecule has 0 saturated heterocycles. The number of carbonyl (C=O) groups is 2. The Morgan fingerprint density at radius 3 is 2.06 bits per heavy atom. The molecule has 98 valence electrons. The van der Waals surface area contributed by atoms with Gasteiger partial charge in [0.1, 0.15) is 0 Å². The quantitative estimate of drug-likeness (QED) is 0.820. The Balaban J connectivity index is 3.57. The molecule has 0 amide bonds. The molecule has 0 radical (unpaired) electrons. The monoisotopic (exact) mass is 250 g/mol. The van der Waals surface area contributed by atoms with E-state index in [1.807, 2.05) is 20.8 Å². The van der Waals surface area contributed by atoms with Gasteiger partial charge in [0.25, 0.3) is 0 Å². The minimum absolute atomic E-state index is 0.142. The number of carbonyl (C=O) groups excluding carboxylic acids is 1. The van der Waals surface area contributed by atoms with Crippen LogP contribution in [0.15, 0.2) is 12.1 Å². The minimum atomic E-state index is -1.04. The topological polar surface area (TPSA) is 63.6 Å². The highest BCUT2D eigenvalue weighted by atomic mass is 16.5. The highest BCUT2D eigenvalue weighted by molar-refractivity contribution is 5.97. The normalized spacial score (nSPS) is 11.2. The highest BCUT2D eigenvalue weighted by Crippen LogP contribution is 2.27. The Hall–Kier alpha value is -1.84. The molecule has 0 heterocycles. The Bertz CT molecular complexity index is 495. The summed E-state index contributed by atoms with van der Waals surface area (Å²) in [5.74, 6) is -1.55. The fourth-order valence-electron chi connectivity index (χ4n) is 1.69. The third-order valence-corrected chi connectivity index (χ3v) is 2.91. The van der Waals surface area contributed by atoms with Gasteiger partial charge >= 0.3 is 11.9 Å². The van der Waals surface area contributed by atoms with Crippen molar-refractivity contribution in [2.75, 3.05) is 7.11 Å². The summed E-state index contributed by atoms with van der Waals surface area (Å²) in [6, 6.07) is 3.32. The van der Waals surface area contributed by atoms with Crippen LogP contribution >= 0.6 is 0 Å². The van der Waals surface area contributed by atoms with E-state index >= 15 is 0 Å². The zero-order valence-corrected chi connectivity index (χ0v) is 11.3. The van der Waals surface area contributed by atoms with E-state index in [-0.39, 0.29) is 11.0 Å². The van der Waals surface area contributed by atoms with Crippen molar-refractivity contribution in [1.29, 1.82) is 0 Å². The number of benzene rings is 1. The van der Waals surface area contributed by atoms with Gasteiger partial charge < -0.3 is 9.84 Å². The van der Waals surface area contributed by atoms with Crippen molar-refractivity contribution in [3.63, 3.8) is 0 Å². The van der Waals surface area contributed by atoms with Crippen molar-refractivity contribution in [2.45, 2.75) is 33.1 Å². The molecule has 4 heteroatoms. The average molecular weight is 250 g/mol. The summed E-state index contributed by atoms with van der Waals surface area (Å²) in [6.45, 7) is 7.50. The second-order valence-electron chi connectivity index (χ2n) is 5.24. The highest BCUT2D eigenvalue weighted by Gasteiger charge is 2.22. The fraction of sp³-hybridized carbons (Fsp3) is 0.429. The lowest BCUT2D eigenvalue weighted by Crippen LogP contribution is -2.17. The van der Waals surface area contributed by atoms with Gasteiger partial charge in [-0.25, -0.2) is 9.59 Å². The van der Waals surface area contributed by atoms with Gasteiger partial charge in [0.15, 0.2) is 0 Å². The van der Waals surface area contributed by atoms with Crippen molar-refractivity contribution in [1.82, 2.24) is 0 Å². The van der Waals surface area contributed by atoms with Gasteiger partial charge in [-0.15, -0.1) is 0 Å². The Morgan fingerprint density at radius 2 is 1.67 bits per heavy atom. The van der Waals surface area contributed by atoms with Crippen LogP contribution in [0, 0.1) is 6.92 Å². The van der Waals surface area contributed by atoms with Gasteiger partial charge in [-0.05, 0) is 35.6 Å². The van der Waals surface area contributed by atoms with Gasteiger partial charge in [-0.2, -0.15) is 0 Å². The number of rotatable bonds is 2. The summed E-state index contributed by atoms with van der Waals surface area (Å²) < 4.78 is 4.69. The maximum atomic E-state index is 11.7. The number of esters is 1. The smallest absolute Gasteiger partial charge is 0.338 e. The molecule has 0 fully saturated rings. The van der Waals surface area contributed by atoms with Gasteiger partial charge in [-0.3, -0.25) is 0 Å². The largest absolute Gasteiger partial charge is 0.478 e. The van der Waals surface area contributed by atoms with E-state index in [1.165, 1.54) is 7.11 Å². The first-order valence-electron chi connectivity index (χ1n) is 5.65. The minimum Gasteiger partial charge on any atom is -0.478 e. The lowest BCUT2D eigenvalue weighted by Gasteiger charge is -2.21. The molecule has 1 aromatic carbocycles. The maximum Gasteiger partial charge on any atom is 0.338 e. The predicted molar refractivity (Wildman–Crippen MR) is 68.2 cm³/mol. The van der Waals surface area contributed by atoms with Gasteiger partial charge in [-0.1, -0.05) is 20.8 Å². The molecule has 0 aromatic heterocycles. The van der Waals surface area contributed by atoms with Crippen LogP contribution in [0.1, 0.15) is 52.6 Å². The summed E-state index contributed by atoms with van der Waals surface area (Å²) in [7, 11) is 1.28. The van der Waals surface area contributed by atoms with Crippen molar-refractivity contribution < 1.29 is 19.4 Å². The molecule has 1 N–H and O–H groups in total. The van der Waals surface area contributed by atoms with E-state index < -0.39 is 11.9 Å². The fourth-order valence-corrected chi connectivity index (χ4v) is 1.69. The third kappa shape index (κ3) is 2.70. The Labute approximate surface area is 107 Å². The van der Waals surface area contributed by atoms with Crippen LogP contribution in [0.4, 0.5) is 0 Å². The van der Waals surface area contributed by atoms with Crippen molar-refractivity contribution in [3.8, 4) is 0 Å². The third-order valence-electron chi connectivity index (χ3n) is 2.91. The summed E-state index contributed by atoms with van der Waals surface area (Å²) >= 11 is 0. The van der Waals surface area contributed by atoms with E-state index in [4.69, 9.17) is 0 Å². The van der Waals surface area contributed by atoms with Gasteiger partial charge in [0.05, 0.1) is 18.2 Å². The van der Waals surface area contributed by atoms with E-state index in [1.54, 1.807) is 19.1 Å². The molecule has 1 rings (SSSR count). The summed E-state index contributed by atoms with van der Waals surface area (Å²) in [4.78, 5) is 22.9. The summed E-state index contributed by atoms with van der Waals surface area (Å²) in [6.07, 6.45) is 0. The van der Waals surface area contributed by atoms with Crippen molar-refractivity contribution in [3.05, 3.63) is 34.4 Å². The molecular formula is C14H18O4. The number of hydrogen-bond donors (Lipinski definition) is 1. The molecule has 4 nitrogen and oxygen atoms in total.